The molecule has 1 atom stereocenters. The summed E-state index contributed by atoms with van der Waals surface area (Å²) in [6, 6.07) is 15.0. The molecule has 150 valence electrons. The predicted molar refractivity (Wildman–Crippen MR) is 113 cm³/mol. The number of ether oxygens (including phenoxy) is 1. The first-order valence-electron chi connectivity index (χ1n) is 9.80. The Hall–Kier alpha value is -2.99. The molecular weight excluding hydrogens is 367 g/mol. The van der Waals surface area contributed by atoms with Gasteiger partial charge in [-0.2, -0.15) is 4.98 Å². The maximum absolute atomic E-state index is 13.2. The van der Waals surface area contributed by atoms with E-state index in [0.29, 0.717) is 12.6 Å². The van der Waals surface area contributed by atoms with Crippen LogP contribution in [0.3, 0.4) is 0 Å². The molecule has 1 aromatic heterocycles. The summed E-state index contributed by atoms with van der Waals surface area (Å²) in [5.41, 5.74) is 5.32. The first-order valence-corrected chi connectivity index (χ1v) is 9.80. The number of nitrogens with zero attached hydrogens (tertiary/aromatic N) is 3. The van der Waals surface area contributed by atoms with E-state index in [1.165, 1.54) is 23.3 Å². The molecule has 0 saturated heterocycles. The van der Waals surface area contributed by atoms with Crippen molar-refractivity contribution < 1.29 is 9.13 Å². The van der Waals surface area contributed by atoms with Crippen molar-refractivity contribution in [1.82, 2.24) is 9.97 Å². The minimum Gasteiger partial charge on any atom is -0.378 e. The van der Waals surface area contributed by atoms with Gasteiger partial charge in [0.25, 0.3) is 0 Å². The molecule has 0 bridgehead atoms. The molecule has 0 saturated carbocycles. The van der Waals surface area contributed by atoms with Crippen LogP contribution in [0.15, 0.2) is 48.5 Å². The monoisotopic (exact) mass is 392 g/mol. The Labute approximate surface area is 170 Å². The van der Waals surface area contributed by atoms with Crippen molar-refractivity contribution in [3.8, 4) is 0 Å². The van der Waals surface area contributed by atoms with Crippen LogP contribution in [0.25, 0.3) is 0 Å². The number of hydrogen-bond acceptors (Lipinski definition) is 5. The van der Waals surface area contributed by atoms with E-state index in [9.17, 15) is 4.39 Å². The summed E-state index contributed by atoms with van der Waals surface area (Å²) in [5.74, 6) is 1.11. The second-order valence-electron chi connectivity index (χ2n) is 7.33. The molecule has 0 fully saturated rings. The molecule has 1 aliphatic rings. The molecule has 1 unspecified atom stereocenters. The van der Waals surface area contributed by atoms with Gasteiger partial charge in [-0.25, -0.2) is 9.37 Å². The Balaban J connectivity index is 1.72. The summed E-state index contributed by atoms with van der Waals surface area (Å²) in [5, 5.41) is 3.20. The SMILES string of the molecule is COCc1nc(Nc2ccc(F)cc2)nc(N2CCc3ccccc3C2C)c1C. The molecule has 0 aliphatic carbocycles. The van der Waals surface area contributed by atoms with Gasteiger partial charge in [-0.15, -0.1) is 0 Å². The van der Waals surface area contributed by atoms with Crippen LogP contribution in [0.5, 0.6) is 0 Å². The van der Waals surface area contributed by atoms with Crippen LogP contribution < -0.4 is 10.2 Å². The van der Waals surface area contributed by atoms with Crippen LogP contribution in [0, 0.1) is 12.7 Å². The lowest BCUT2D eigenvalue weighted by Gasteiger charge is -2.37. The van der Waals surface area contributed by atoms with E-state index in [1.807, 2.05) is 6.92 Å². The van der Waals surface area contributed by atoms with Crippen LogP contribution in [0.2, 0.25) is 0 Å². The first-order chi connectivity index (χ1) is 14.1. The second-order valence-corrected chi connectivity index (χ2v) is 7.33. The van der Waals surface area contributed by atoms with E-state index >= 15 is 0 Å². The zero-order chi connectivity index (χ0) is 20.4. The lowest BCUT2D eigenvalue weighted by molar-refractivity contribution is 0.181. The van der Waals surface area contributed by atoms with E-state index in [2.05, 4.69) is 46.4 Å². The number of aromatic nitrogens is 2. The molecule has 2 heterocycles. The van der Waals surface area contributed by atoms with Crippen molar-refractivity contribution in [3.05, 3.63) is 76.7 Å². The molecule has 4 rings (SSSR count). The molecule has 0 spiro atoms. The molecule has 0 amide bonds. The van der Waals surface area contributed by atoms with Crippen molar-refractivity contribution in [1.29, 1.82) is 0 Å². The highest BCUT2D eigenvalue weighted by atomic mass is 19.1. The van der Waals surface area contributed by atoms with Crippen molar-refractivity contribution in [2.24, 2.45) is 0 Å². The van der Waals surface area contributed by atoms with Crippen LogP contribution in [-0.2, 0) is 17.8 Å². The summed E-state index contributed by atoms with van der Waals surface area (Å²) in [6.07, 6.45) is 0.976. The highest BCUT2D eigenvalue weighted by Crippen LogP contribution is 2.35. The fraction of sp³-hybridized carbons (Fsp3) is 0.304. The molecule has 5 nitrogen and oxygen atoms in total. The molecule has 0 radical (unpaired) electrons. The summed E-state index contributed by atoms with van der Waals surface area (Å²) in [7, 11) is 1.66. The molecule has 1 N–H and O–H groups in total. The van der Waals surface area contributed by atoms with E-state index in [1.54, 1.807) is 19.2 Å². The Bertz CT molecular complexity index is 1010. The second kappa shape index (κ2) is 8.17. The average molecular weight is 392 g/mol. The van der Waals surface area contributed by atoms with Crippen LogP contribution >= 0.6 is 0 Å². The zero-order valence-electron chi connectivity index (χ0n) is 16.9. The third-order valence-electron chi connectivity index (χ3n) is 5.47. The summed E-state index contributed by atoms with van der Waals surface area (Å²) in [6.45, 7) is 5.54. The molecule has 3 aromatic rings. The van der Waals surface area contributed by atoms with Gasteiger partial charge in [0.2, 0.25) is 5.95 Å². The molecule has 1 aliphatic heterocycles. The van der Waals surface area contributed by atoms with Crippen LogP contribution in [0.1, 0.15) is 35.3 Å². The van der Waals surface area contributed by atoms with Gasteiger partial charge < -0.3 is 15.0 Å². The Morgan fingerprint density at radius 3 is 2.66 bits per heavy atom. The van der Waals surface area contributed by atoms with E-state index < -0.39 is 0 Å². The molecule has 2 aromatic carbocycles. The highest BCUT2D eigenvalue weighted by molar-refractivity contribution is 5.59. The summed E-state index contributed by atoms with van der Waals surface area (Å²) >= 11 is 0. The first kappa shape index (κ1) is 19.3. The summed E-state index contributed by atoms with van der Waals surface area (Å²) < 4.78 is 18.6. The smallest absolute Gasteiger partial charge is 0.229 e. The minimum atomic E-state index is -0.276. The quantitative estimate of drug-likeness (QED) is 0.667. The minimum absolute atomic E-state index is 0.211. The molecule has 29 heavy (non-hydrogen) atoms. The van der Waals surface area contributed by atoms with Gasteiger partial charge in [-0.3, -0.25) is 0 Å². The maximum atomic E-state index is 13.2. The number of fused-ring (bicyclic) bond motifs is 1. The van der Waals surface area contributed by atoms with Gasteiger partial charge >= 0.3 is 0 Å². The Kier molecular flexibility index (Phi) is 5.45. The Morgan fingerprint density at radius 2 is 1.90 bits per heavy atom. The van der Waals surface area contributed by atoms with Crippen LogP contribution in [-0.4, -0.2) is 23.6 Å². The third-order valence-corrected chi connectivity index (χ3v) is 5.47. The zero-order valence-corrected chi connectivity index (χ0v) is 16.9. The lowest BCUT2D eigenvalue weighted by Crippen LogP contribution is -2.35. The standard InChI is InChI=1S/C23H25FN4O/c1-15-21(14-29-3)26-23(25-19-10-8-18(24)9-11-19)27-22(15)28-13-12-17-6-4-5-7-20(17)16(28)2/h4-11,16H,12-14H2,1-3H3,(H,25,26,27). The van der Waals surface area contributed by atoms with Gasteiger partial charge in [-0.1, -0.05) is 24.3 Å². The fourth-order valence-electron chi connectivity index (χ4n) is 3.89. The van der Waals surface area contributed by atoms with Gasteiger partial charge in [-0.05, 0) is 55.7 Å². The third kappa shape index (κ3) is 3.93. The van der Waals surface area contributed by atoms with Crippen LogP contribution in [0.4, 0.5) is 21.8 Å². The summed E-state index contributed by atoms with van der Waals surface area (Å²) in [4.78, 5) is 11.8. The number of halogens is 1. The maximum Gasteiger partial charge on any atom is 0.229 e. The largest absolute Gasteiger partial charge is 0.378 e. The molecule has 6 heteroatoms. The van der Waals surface area contributed by atoms with Gasteiger partial charge in [0.15, 0.2) is 0 Å². The predicted octanol–water partition coefficient (Wildman–Crippen LogP) is 4.94. The van der Waals surface area contributed by atoms with Gasteiger partial charge in [0.05, 0.1) is 18.3 Å². The van der Waals surface area contributed by atoms with E-state index in [0.717, 1.165) is 35.7 Å². The molecular formula is C23H25FN4O. The van der Waals surface area contributed by atoms with Crippen molar-refractivity contribution >= 4 is 17.5 Å². The fourth-order valence-corrected chi connectivity index (χ4v) is 3.89. The highest BCUT2D eigenvalue weighted by Gasteiger charge is 2.27. The topological polar surface area (TPSA) is 50.3 Å². The normalized spacial score (nSPS) is 15.9. The van der Waals surface area contributed by atoms with Crippen molar-refractivity contribution in [2.75, 3.05) is 23.9 Å². The van der Waals surface area contributed by atoms with Gasteiger partial charge in [0, 0.05) is 24.9 Å². The van der Waals surface area contributed by atoms with E-state index in [-0.39, 0.29) is 11.9 Å². The lowest BCUT2D eigenvalue weighted by atomic mass is 9.93. The average Bonchev–Trinajstić information content (AvgIpc) is 2.73. The Morgan fingerprint density at radius 1 is 1.14 bits per heavy atom. The number of rotatable bonds is 5. The van der Waals surface area contributed by atoms with Crippen molar-refractivity contribution in [3.63, 3.8) is 0 Å². The number of nitrogens with one attached hydrogen (secondary N) is 1. The van der Waals surface area contributed by atoms with Gasteiger partial charge in [0.1, 0.15) is 11.6 Å². The van der Waals surface area contributed by atoms with Crippen molar-refractivity contribution in [2.45, 2.75) is 32.9 Å². The number of methoxy groups -OCH3 is 1. The number of anilines is 3. The van der Waals surface area contributed by atoms with E-state index in [4.69, 9.17) is 9.72 Å². The number of hydrogen-bond donors (Lipinski definition) is 1. The number of benzene rings is 2.